The van der Waals surface area contributed by atoms with Crippen LogP contribution in [0.15, 0.2) is 18.2 Å². The van der Waals surface area contributed by atoms with Crippen LogP contribution in [0.3, 0.4) is 0 Å². The van der Waals surface area contributed by atoms with Crippen LogP contribution in [0, 0.1) is 11.6 Å². The van der Waals surface area contributed by atoms with Gasteiger partial charge in [-0.1, -0.05) is 0 Å². The van der Waals surface area contributed by atoms with E-state index in [0.717, 1.165) is 42.4 Å². The number of H-pyrrole nitrogens is 1. The molecule has 0 atom stereocenters. The number of amides is 1. The summed E-state index contributed by atoms with van der Waals surface area (Å²) in [7, 11) is 0. The lowest BCUT2D eigenvalue weighted by Gasteiger charge is -2.13. The van der Waals surface area contributed by atoms with E-state index in [1.807, 2.05) is 0 Å². The van der Waals surface area contributed by atoms with Crippen LogP contribution in [-0.4, -0.2) is 22.6 Å². The maximum absolute atomic E-state index is 13.5. The third-order valence-electron chi connectivity index (χ3n) is 3.47. The molecule has 7 heteroatoms. The fourth-order valence-electron chi connectivity index (χ4n) is 2.35. The third-order valence-corrected chi connectivity index (χ3v) is 3.47. The van der Waals surface area contributed by atoms with Crippen LogP contribution >= 0.6 is 0 Å². The minimum atomic E-state index is -0.553. The van der Waals surface area contributed by atoms with Gasteiger partial charge >= 0.3 is 0 Å². The lowest BCUT2D eigenvalue weighted by atomic mass is 10.1. The van der Waals surface area contributed by atoms with Gasteiger partial charge in [0.1, 0.15) is 11.6 Å². The average molecular weight is 292 g/mol. The Labute approximate surface area is 119 Å². The number of carbonyl (C=O) groups is 1. The zero-order valence-corrected chi connectivity index (χ0v) is 11.2. The number of nitrogens with one attached hydrogen (secondary N) is 3. The van der Waals surface area contributed by atoms with E-state index in [4.69, 9.17) is 0 Å². The van der Waals surface area contributed by atoms with Gasteiger partial charge in [0.15, 0.2) is 5.69 Å². The first-order chi connectivity index (χ1) is 10.1. The van der Waals surface area contributed by atoms with Crippen LogP contribution in [0.1, 0.15) is 27.3 Å². The molecule has 1 aliphatic rings. The number of halogens is 2. The summed E-state index contributed by atoms with van der Waals surface area (Å²) in [6.07, 6.45) is 0.786. The van der Waals surface area contributed by atoms with Crippen molar-refractivity contribution in [2.24, 2.45) is 0 Å². The Kier molecular flexibility index (Phi) is 3.66. The zero-order chi connectivity index (χ0) is 14.8. The highest BCUT2D eigenvalue weighted by atomic mass is 19.1. The Morgan fingerprint density at radius 2 is 2.24 bits per heavy atom. The van der Waals surface area contributed by atoms with Crippen molar-refractivity contribution in [2.75, 3.05) is 6.54 Å². The van der Waals surface area contributed by atoms with Gasteiger partial charge in [-0.05, 0) is 18.2 Å². The first kappa shape index (κ1) is 13.7. The quantitative estimate of drug-likeness (QED) is 0.798. The summed E-state index contributed by atoms with van der Waals surface area (Å²) >= 11 is 0. The van der Waals surface area contributed by atoms with E-state index in [2.05, 4.69) is 20.8 Å². The van der Waals surface area contributed by atoms with E-state index < -0.39 is 17.5 Å². The molecule has 0 bridgehead atoms. The Hall–Kier alpha value is -2.28. The molecule has 1 aromatic heterocycles. The number of benzene rings is 1. The maximum Gasteiger partial charge on any atom is 0.272 e. The predicted molar refractivity (Wildman–Crippen MR) is 71.5 cm³/mol. The van der Waals surface area contributed by atoms with E-state index in [1.165, 1.54) is 0 Å². The van der Waals surface area contributed by atoms with Crippen molar-refractivity contribution < 1.29 is 13.6 Å². The van der Waals surface area contributed by atoms with E-state index in [9.17, 15) is 13.6 Å². The normalized spacial score (nSPS) is 13.8. The fourth-order valence-corrected chi connectivity index (χ4v) is 2.35. The molecule has 0 radical (unpaired) electrons. The van der Waals surface area contributed by atoms with Crippen LogP contribution in [0.2, 0.25) is 0 Å². The summed E-state index contributed by atoms with van der Waals surface area (Å²) in [5, 5.41) is 12.6. The van der Waals surface area contributed by atoms with Crippen LogP contribution in [0.25, 0.3) is 0 Å². The fraction of sp³-hybridized carbons (Fsp3) is 0.286. The second-order valence-corrected chi connectivity index (χ2v) is 4.87. The van der Waals surface area contributed by atoms with E-state index >= 15 is 0 Å². The molecule has 21 heavy (non-hydrogen) atoms. The molecule has 1 aromatic carbocycles. The zero-order valence-electron chi connectivity index (χ0n) is 11.2. The second kappa shape index (κ2) is 5.61. The molecule has 3 N–H and O–H groups in total. The molecule has 0 spiro atoms. The highest BCUT2D eigenvalue weighted by molar-refractivity contribution is 5.94. The number of aromatic amines is 1. The Balaban J connectivity index is 1.72. The van der Waals surface area contributed by atoms with Crippen LogP contribution in [0.4, 0.5) is 8.78 Å². The Bertz CT molecular complexity index is 684. The molecule has 1 aliphatic heterocycles. The Morgan fingerprint density at radius 3 is 3.10 bits per heavy atom. The van der Waals surface area contributed by atoms with Gasteiger partial charge in [-0.25, -0.2) is 8.78 Å². The minimum absolute atomic E-state index is 0.0858. The molecule has 0 aliphatic carbocycles. The van der Waals surface area contributed by atoms with E-state index in [1.54, 1.807) is 0 Å². The Morgan fingerprint density at radius 1 is 1.38 bits per heavy atom. The third kappa shape index (κ3) is 2.78. The van der Waals surface area contributed by atoms with Gasteiger partial charge in [-0.2, -0.15) is 5.10 Å². The lowest BCUT2D eigenvalue weighted by Crippen LogP contribution is -2.28. The number of nitrogens with zero attached hydrogens (tertiary/aromatic N) is 1. The van der Waals surface area contributed by atoms with Gasteiger partial charge < -0.3 is 10.6 Å². The SMILES string of the molecule is O=C(NCc1cc(F)ccc1F)c1n[nH]c2c1CNCC2. The van der Waals surface area contributed by atoms with Gasteiger partial charge in [0, 0.05) is 42.9 Å². The summed E-state index contributed by atoms with van der Waals surface area (Å²) < 4.78 is 26.6. The number of aromatic nitrogens is 2. The highest BCUT2D eigenvalue weighted by Gasteiger charge is 2.21. The number of hydrogen-bond acceptors (Lipinski definition) is 3. The lowest BCUT2D eigenvalue weighted by molar-refractivity contribution is 0.0944. The molecule has 2 aromatic rings. The van der Waals surface area contributed by atoms with Crippen molar-refractivity contribution in [3.05, 3.63) is 52.3 Å². The smallest absolute Gasteiger partial charge is 0.272 e. The van der Waals surface area contributed by atoms with Crippen molar-refractivity contribution in [3.63, 3.8) is 0 Å². The average Bonchev–Trinajstić information content (AvgIpc) is 2.92. The van der Waals surface area contributed by atoms with Crippen molar-refractivity contribution >= 4 is 5.91 Å². The van der Waals surface area contributed by atoms with Gasteiger partial charge in [0.05, 0.1) is 0 Å². The van der Waals surface area contributed by atoms with Crippen LogP contribution < -0.4 is 10.6 Å². The topological polar surface area (TPSA) is 69.8 Å². The van der Waals surface area contributed by atoms with Crippen LogP contribution in [0.5, 0.6) is 0 Å². The highest BCUT2D eigenvalue weighted by Crippen LogP contribution is 2.15. The van der Waals surface area contributed by atoms with Crippen molar-refractivity contribution in [2.45, 2.75) is 19.5 Å². The monoisotopic (exact) mass is 292 g/mol. The summed E-state index contributed by atoms with van der Waals surface area (Å²) in [5.41, 5.74) is 2.18. The molecule has 2 heterocycles. The molecular weight excluding hydrogens is 278 g/mol. The molecule has 0 saturated carbocycles. The van der Waals surface area contributed by atoms with Crippen LogP contribution in [-0.2, 0) is 19.5 Å². The van der Waals surface area contributed by atoms with Gasteiger partial charge in [0.25, 0.3) is 5.91 Å². The summed E-state index contributed by atoms with van der Waals surface area (Å²) in [6, 6.07) is 3.14. The molecule has 5 nitrogen and oxygen atoms in total. The molecule has 0 unspecified atom stereocenters. The number of hydrogen-bond donors (Lipinski definition) is 3. The molecule has 0 fully saturated rings. The standard InChI is InChI=1S/C14H14F2N4O/c15-9-1-2-11(16)8(5-9)6-18-14(21)13-10-7-17-4-3-12(10)19-20-13/h1-2,5,17H,3-4,6-7H2,(H,18,21)(H,19,20). The summed E-state index contributed by atoms with van der Waals surface area (Å²) in [5.74, 6) is -1.50. The first-order valence-electron chi connectivity index (χ1n) is 6.64. The second-order valence-electron chi connectivity index (χ2n) is 4.87. The largest absolute Gasteiger partial charge is 0.346 e. The van der Waals surface area contributed by atoms with E-state index in [0.29, 0.717) is 12.2 Å². The van der Waals surface area contributed by atoms with Gasteiger partial charge in [-0.3, -0.25) is 9.89 Å². The number of rotatable bonds is 3. The summed E-state index contributed by atoms with van der Waals surface area (Å²) in [6.45, 7) is 1.32. The van der Waals surface area contributed by atoms with Crippen molar-refractivity contribution in [1.82, 2.24) is 20.8 Å². The van der Waals surface area contributed by atoms with Crippen molar-refractivity contribution in [1.29, 1.82) is 0 Å². The van der Waals surface area contributed by atoms with Gasteiger partial charge in [0.2, 0.25) is 0 Å². The predicted octanol–water partition coefficient (Wildman–Crippen LogP) is 1.26. The minimum Gasteiger partial charge on any atom is -0.346 e. The van der Waals surface area contributed by atoms with Gasteiger partial charge in [-0.15, -0.1) is 0 Å². The summed E-state index contributed by atoms with van der Waals surface area (Å²) in [4.78, 5) is 12.1. The molecule has 1 amide bonds. The molecule has 0 saturated heterocycles. The molecule has 3 rings (SSSR count). The van der Waals surface area contributed by atoms with Crippen molar-refractivity contribution in [3.8, 4) is 0 Å². The maximum atomic E-state index is 13.5. The van der Waals surface area contributed by atoms with E-state index in [-0.39, 0.29) is 12.1 Å². The number of fused-ring (bicyclic) bond motifs is 1. The first-order valence-corrected chi connectivity index (χ1v) is 6.64. The molecular formula is C14H14F2N4O. The number of carbonyl (C=O) groups excluding carboxylic acids is 1. The molecule has 110 valence electrons.